The SMILES string of the molecule is COc1ccc(N(C)C(=O)CNCC2CC2)cc1. The monoisotopic (exact) mass is 248 g/mol. The Morgan fingerprint density at radius 3 is 2.61 bits per heavy atom. The largest absolute Gasteiger partial charge is 0.497 e. The maximum Gasteiger partial charge on any atom is 0.240 e. The first kappa shape index (κ1) is 12.9. The molecule has 1 aromatic rings. The molecule has 0 aliphatic heterocycles. The molecule has 1 aliphatic rings. The van der Waals surface area contributed by atoms with Crippen molar-refractivity contribution in [1.82, 2.24) is 5.32 Å². The molecule has 0 aromatic heterocycles. The molecule has 1 amide bonds. The molecule has 0 radical (unpaired) electrons. The summed E-state index contributed by atoms with van der Waals surface area (Å²) in [5.41, 5.74) is 0.883. The fourth-order valence-corrected chi connectivity index (χ4v) is 1.77. The summed E-state index contributed by atoms with van der Waals surface area (Å²) in [6, 6.07) is 7.49. The van der Waals surface area contributed by atoms with Gasteiger partial charge in [0.05, 0.1) is 13.7 Å². The smallest absolute Gasteiger partial charge is 0.240 e. The zero-order valence-electron chi connectivity index (χ0n) is 11.0. The Hall–Kier alpha value is -1.55. The summed E-state index contributed by atoms with van der Waals surface area (Å²) in [6.45, 7) is 1.36. The molecule has 4 heteroatoms. The normalized spacial score (nSPS) is 14.3. The Morgan fingerprint density at radius 1 is 1.39 bits per heavy atom. The number of nitrogens with zero attached hydrogens (tertiary/aromatic N) is 1. The summed E-state index contributed by atoms with van der Waals surface area (Å²) in [5, 5.41) is 3.20. The second kappa shape index (κ2) is 5.87. The molecule has 1 aromatic carbocycles. The quantitative estimate of drug-likeness (QED) is 0.832. The molecule has 0 heterocycles. The summed E-state index contributed by atoms with van der Waals surface area (Å²) in [5.74, 6) is 1.68. The summed E-state index contributed by atoms with van der Waals surface area (Å²) >= 11 is 0. The number of carbonyl (C=O) groups excluding carboxylic acids is 1. The van der Waals surface area contributed by atoms with Crippen molar-refractivity contribution < 1.29 is 9.53 Å². The zero-order chi connectivity index (χ0) is 13.0. The summed E-state index contributed by atoms with van der Waals surface area (Å²) in [7, 11) is 3.43. The number of amides is 1. The molecule has 4 nitrogen and oxygen atoms in total. The molecular weight excluding hydrogens is 228 g/mol. The first-order valence-corrected chi connectivity index (χ1v) is 6.32. The van der Waals surface area contributed by atoms with Crippen LogP contribution in [0.4, 0.5) is 5.69 Å². The molecule has 1 saturated carbocycles. The van der Waals surface area contributed by atoms with Crippen molar-refractivity contribution in [1.29, 1.82) is 0 Å². The van der Waals surface area contributed by atoms with E-state index in [0.29, 0.717) is 6.54 Å². The molecule has 1 fully saturated rings. The van der Waals surface area contributed by atoms with Crippen LogP contribution in [0.15, 0.2) is 24.3 Å². The topological polar surface area (TPSA) is 41.6 Å². The molecule has 0 unspecified atom stereocenters. The first-order chi connectivity index (χ1) is 8.70. The van der Waals surface area contributed by atoms with Gasteiger partial charge in [0, 0.05) is 12.7 Å². The Labute approximate surface area is 108 Å². The van der Waals surface area contributed by atoms with E-state index in [9.17, 15) is 4.79 Å². The van der Waals surface area contributed by atoms with Crippen LogP contribution in [0.1, 0.15) is 12.8 Å². The van der Waals surface area contributed by atoms with E-state index >= 15 is 0 Å². The molecule has 0 saturated heterocycles. The Bertz CT molecular complexity index is 399. The Kier molecular flexibility index (Phi) is 4.20. The van der Waals surface area contributed by atoms with E-state index in [-0.39, 0.29) is 5.91 Å². The van der Waals surface area contributed by atoms with Crippen LogP contribution in [0.5, 0.6) is 5.75 Å². The van der Waals surface area contributed by atoms with Crippen molar-refractivity contribution in [3.05, 3.63) is 24.3 Å². The number of ether oxygens (including phenoxy) is 1. The van der Waals surface area contributed by atoms with Crippen molar-refractivity contribution in [2.75, 3.05) is 32.1 Å². The van der Waals surface area contributed by atoms with E-state index in [2.05, 4.69) is 5.32 Å². The van der Waals surface area contributed by atoms with Gasteiger partial charge in [-0.15, -0.1) is 0 Å². The van der Waals surface area contributed by atoms with Gasteiger partial charge in [-0.1, -0.05) is 0 Å². The number of carbonyl (C=O) groups is 1. The maximum atomic E-state index is 11.9. The van der Waals surface area contributed by atoms with Crippen LogP contribution >= 0.6 is 0 Å². The second-order valence-corrected chi connectivity index (χ2v) is 4.73. The lowest BCUT2D eigenvalue weighted by molar-refractivity contribution is -0.117. The number of hydrogen-bond donors (Lipinski definition) is 1. The van der Waals surface area contributed by atoms with Gasteiger partial charge >= 0.3 is 0 Å². The minimum absolute atomic E-state index is 0.0841. The van der Waals surface area contributed by atoms with Gasteiger partial charge < -0.3 is 15.0 Å². The minimum Gasteiger partial charge on any atom is -0.497 e. The molecule has 98 valence electrons. The van der Waals surface area contributed by atoms with Crippen LogP contribution in [0.2, 0.25) is 0 Å². The van der Waals surface area contributed by atoms with Crippen molar-refractivity contribution in [2.45, 2.75) is 12.8 Å². The second-order valence-electron chi connectivity index (χ2n) is 4.73. The van der Waals surface area contributed by atoms with Gasteiger partial charge in [0.2, 0.25) is 5.91 Å². The van der Waals surface area contributed by atoms with Gasteiger partial charge in [0.1, 0.15) is 5.75 Å². The highest BCUT2D eigenvalue weighted by atomic mass is 16.5. The van der Waals surface area contributed by atoms with Gasteiger partial charge in [-0.3, -0.25) is 4.79 Å². The lowest BCUT2D eigenvalue weighted by atomic mass is 10.2. The molecule has 0 bridgehead atoms. The van der Waals surface area contributed by atoms with Crippen LogP contribution in [-0.2, 0) is 4.79 Å². The predicted molar refractivity (Wildman–Crippen MR) is 72.0 cm³/mol. The summed E-state index contributed by atoms with van der Waals surface area (Å²) < 4.78 is 5.09. The number of nitrogens with one attached hydrogen (secondary N) is 1. The zero-order valence-corrected chi connectivity index (χ0v) is 11.0. The van der Waals surface area contributed by atoms with Gasteiger partial charge in [0.25, 0.3) is 0 Å². The minimum atomic E-state index is 0.0841. The fourth-order valence-electron chi connectivity index (χ4n) is 1.77. The van der Waals surface area contributed by atoms with E-state index in [0.717, 1.165) is 23.9 Å². The van der Waals surface area contributed by atoms with Crippen molar-refractivity contribution in [3.8, 4) is 5.75 Å². The molecule has 0 spiro atoms. The lowest BCUT2D eigenvalue weighted by Crippen LogP contribution is -2.36. The van der Waals surface area contributed by atoms with Gasteiger partial charge in [-0.2, -0.15) is 0 Å². The van der Waals surface area contributed by atoms with E-state index in [4.69, 9.17) is 4.74 Å². The number of anilines is 1. The molecule has 18 heavy (non-hydrogen) atoms. The Morgan fingerprint density at radius 2 is 2.06 bits per heavy atom. The Balaban J connectivity index is 1.83. The van der Waals surface area contributed by atoms with Crippen LogP contribution in [0.3, 0.4) is 0 Å². The van der Waals surface area contributed by atoms with Crippen LogP contribution in [0.25, 0.3) is 0 Å². The van der Waals surface area contributed by atoms with E-state index in [1.807, 2.05) is 24.3 Å². The van der Waals surface area contributed by atoms with Crippen molar-refractivity contribution in [2.24, 2.45) is 5.92 Å². The van der Waals surface area contributed by atoms with Crippen LogP contribution in [0, 0.1) is 5.92 Å². The number of methoxy groups -OCH3 is 1. The summed E-state index contributed by atoms with van der Waals surface area (Å²) in [4.78, 5) is 13.6. The highest BCUT2D eigenvalue weighted by Gasteiger charge is 2.21. The number of rotatable bonds is 6. The molecular formula is C14H20N2O2. The number of benzene rings is 1. The summed E-state index contributed by atoms with van der Waals surface area (Å²) in [6.07, 6.45) is 2.60. The maximum absolute atomic E-state index is 11.9. The standard InChI is InChI=1S/C14H20N2O2/c1-16(12-5-7-13(18-2)8-6-12)14(17)10-15-9-11-3-4-11/h5-8,11,15H,3-4,9-10H2,1-2H3. The lowest BCUT2D eigenvalue weighted by Gasteiger charge is -2.18. The average molecular weight is 248 g/mol. The third kappa shape index (κ3) is 3.47. The first-order valence-electron chi connectivity index (χ1n) is 6.32. The predicted octanol–water partition coefficient (Wildman–Crippen LogP) is 1.66. The molecule has 2 rings (SSSR count). The third-order valence-corrected chi connectivity index (χ3v) is 3.24. The molecule has 1 N–H and O–H groups in total. The highest BCUT2D eigenvalue weighted by molar-refractivity contribution is 5.94. The van der Waals surface area contributed by atoms with Gasteiger partial charge in [-0.25, -0.2) is 0 Å². The van der Waals surface area contributed by atoms with Crippen molar-refractivity contribution >= 4 is 11.6 Å². The fraction of sp³-hybridized carbons (Fsp3) is 0.500. The number of likely N-dealkylation sites (N-methyl/N-ethyl adjacent to an activating group) is 1. The van der Waals surface area contributed by atoms with E-state index in [1.54, 1.807) is 19.1 Å². The highest BCUT2D eigenvalue weighted by Crippen LogP contribution is 2.27. The molecule has 0 atom stereocenters. The van der Waals surface area contributed by atoms with Gasteiger partial charge in [0.15, 0.2) is 0 Å². The van der Waals surface area contributed by atoms with E-state index < -0.39 is 0 Å². The van der Waals surface area contributed by atoms with Gasteiger partial charge in [-0.05, 0) is 49.6 Å². The van der Waals surface area contributed by atoms with Crippen LogP contribution in [-0.4, -0.2) is 33.2 Å². The molecule has 1 aliphatic carbocycles. The van der Waals surface area contributed by atoms with E-state index in [1.165, 1.54) is 12.8 Å². The van der Waals surface area contributed by atoms with Crippen LogP contribution < -0.4 is 15.0 Å². The third-order valence-electron chi connectivity index (χ3n) is 3.24. The number of hydrogen-bond acceptors (Lipinski definition) is 3. The van der Waals surface area contributed by atoms with Crippen molar-refractivity contribution in [3.63, 3.8) is 0 Å². The average Bonchev–Trinajstić information content (AvgIpc) is 3.22.